The van der Waals surface area contributed by atoms with Crippen LogP contribution in [0.5, 0.6) is 0 Å². The van der Waals surface area contributed by atoms with Crippen molar-refractivity contribution in [3.05, 3.63) is 43.2 Å². The maximum Gasteiger partial charge on any atom is 0.330 e. The number of unbranched alkanes of at least 4 members (excludes halogenated alkanes) is 2. The van der Waals surface area contributed by atoms with E-state index in [1.54, 1.807) is 11.0 Å². The number of H-pyrrole nitrogens is 1. The van der Waals surface area contributed by atoms with Crippen LogP contribution in [0.15, 0.2) is 27.1 Å². The van der Waals surface area contributed by atoms with Gasteiger partial charge in [-0.05, 0) is 37.1 Å². The number of nitrogen functional groups attached to an aromatic ring is 1. The molecule has 1 fully saturated rings. The SMILES string of the molecule is CCCCN(C(=O)C1CCCN(C(=O)c2cccs2)C1)c1c(N)n(CCCC)c(=O)[nH]c1=O. The number of nitrogens with two attached hydrogens (primary N) is 1. The van der Waals surface area contributed by atoms with E-state index in [2.05, 4.69) is 4.98 Å². The van der Waals surface area contributed by atoms with E-state index in [-0.39, 0.29) is 23.3 Å². The third-order valence-corrected chi connectivity index (χ3v) is 6.87. The standard InChI is InChI=1S/C23H33N5O4S/c1-3-5-12-27(18-19(24)28(13-6-4-2)23(32)25-20(18)29)21(30)16-9-7-11-26(15-16)22(31)17-10-8-14-33-17/h8,10,14,16H,3-7,9,11-13,15,24H2,1-2H3,(H,25,29,32). The van der Waals surface area contributed by atoms with Crippen molar-refractivity contribution in [3.8, 4) is 0 Å². The Morgan fingerprint density at radius 1 is 1.24 bits per heavy atom. The molecule has 0 bridgehead atoms. The van der Waals surface area contributed by atoms with Crippen LogP contribution < -0.4 is 21.9 Å². The van der Waals surface area contributed by atoms with Gasteiger partial charge < -0.3 is 15.5 Å². The monoisotopic (exact) mass is 475 g/mol. The fourth-order valence-electron chi connectivity index (χ4n) is 4.16. The van der Waals surface area contributed by atoms with Crippen LogP contribution in [-0.4, -0.2) is 45.9 Å². The highest BCUT2D eigenvalue weighted by molar-refractivity contribution is 7.12. The van der Waals surface area contributed by atoms with Gasteiger partial charge in [0.05, 0.1) is 10.8 Å². The Balaban J connectivity index is 1.91. The molecule has 33 heavy (non-hydrogen) atoms. The van der Waals surface area contributed by atoms with Crippen LogP contribution in [0, 0.1) is 5.92 Å². The van der Waals surface area contributed by atoms with Gasteiger partial charge in [-0.25, -0.2) is 4.79 Å². The molecule has 3 rings (SSSR count). The van der Waals surface area contributed by atoms with E-state index in [1.807, 2.05) is 25.3 Å². The van der Waals surface area contributed by atoms with Crippen molar-refractivity contribution in [1.29, 1.82) is 0 Å². The minimum absolute atomic E-state index is 0.0176. The highest BCUT2D eigenvalue weighted by Gasteiger charge is 2.34. The fourth-order valence-corrected chi connectivity index (χ4v) is 4.86. The molecule has 1 unspecified atom stereocenters. The summed E-state index contributed by atoms with van der Waals surface area (Å²) < 4.78 is 1.33. The minimum Gasteiger partial charge on any atom is -0.383 e. The van der Waals surface area contributed by atoms with Gasteiger partial charge in [-0.15, -0.1) is 11.3 Å². The number of aromatic amines is 1. The number of rotatable bonds is 9. The van der Waals surface area contributed by atoms with Crippen LogP contribution in [0.4, 0.5) is 11.5 Å². The van der Waals surface area contributed by atoms with E-state index in [0.717, 1.165) is 19.3 Å². The Bertz CT molecular complexity index is 1080. The lowest BCUT2D eigenvalue weighted by Gasteiger charge is -2.35. The van der Waals surface area contributed by atoms with Gasteiger partial charge in [-0.3, -0.25) is 23.9 Å². The smallest absolute Gasteiger partial charge is 0.330 e. The second kappa shape index (κ2) is 11.3. The lowest BCUT2D eigenvalue weighted by Crippen LogP contribution is -2.49. The molecule has 1 saturated heterocycles. The third kappa shape index (κ3) is 5.55. The molecule has 1 aliphatic heterocycles. The number of nitrogens with one attached hydrogen (secondary N) is 1. The first kappa shape index (κ1) is 24.8. The first-order valence-electron chi connectivity index (χ1n) is 11.7. The van der Waals surface area contributed by atoms with Crippen molar-refractivity contribution < 1.29 is 9.59 Å². The Labute approximate surface area is 197 Å². The number of nitrogens with zero attached hydrogens (tertiary/aromatic N) is 3. The van der Waals surface area contributed by atoms with Gasteiger partial charge >= 0.3 is 5.69 Å². The number of likely N-dealkylation sites (tertiary alicyclic amines) is 1. The van der Waals surface area contributed by atoms with Crippen molar-refractivity contribution in [2.24, 2.45) is 5.92 Å². The summed E-state index contributed by atoms with van der Waals surface area (Å²) in [6, 6.07) is 3.62. The molecule has 0 aliphatic carbocycles. The summed E-state index contributed by atoms with van der Waals surface area (Å²) in [5.74, 6) is -0.726. The predicted molar refractivity (Wildman–Crippen MR) is 131 cm³/mol. The zero-order chi connectivity index (χ0) is 24.0. The van der Waals surface area contributed by atoms with Crippen molar-refractivity contribution in [2.75, 3.05) is 30.3 Å². The molecule has 0 radical (unpaired) electrons. The molecule has 2 amide bonds. The van der Waals surface area contributed by atoms with E-state index < -0.39 is 17.2 Å². The van der Waals surface area contributed by atoms with E-state index in [9.17, 15) is 19.2 Å². The zero-order valence-electron chi connectivity index (χ0n) is 19.3. The minimum atomic E-state index is -0.656. The van der Waals surface area contributed by atoms with Gasteiger partial charge in [0.1, 0.15) is 5.82 Å². The van der Waals surface area contributed by atoms with Gasteiger partial charge in [-0.1, -0.05) is 32.8 Å². The molecule has 0 saturated carbocycles. The number of hydrogen-bond donors (Lipinski definition) is 2. The molecule has 0 spiro atoms. The molecule has 1 aliphatic rings. The number of amides is 2. The van der Waals surface area contributed by atoms with Crippen LogP contribution in [0.1, 0.15) is 62.0 Å². The normalized spacial score (nSPS) is 16.1. The van der Waals surface area contributed by atoms with E-state index >= 15 is 0 Å². The lowest BCUT2D eigenvalue weighted by molar-refractivity contribution is -0.123. The highest BCUT2D eigenvalue weighted by atomic mass is 32.1. The second-order valence-electron chi connectivity index (χ2n) is 8.41. The average molecular weight is 476 g/mol. The topological polar surface area (TPSA) is 121 Å². The number of carbonyl (C=O) groups is 2. The third-order valence-electron chi connectivity index (χ3n) is 6.01. The maximum absolute atomic E-state index is 13.7. The van der Waals surface area contributed by atoms with Crippen molar-refractivity contribution in [3.63, 3.8) is 0 Å². The highest BCUT2D eigenvalue weighted by Crippen LogP contribution is 2.26. The molecule has 180 valence electrons. The summed E-state index contributed by atoms with van der Waals surface area (Å²) >= 11 is 1.38. The molecule has 2 aromatic heterocycles. The summed E-state index contributed by atoms with van der Waals surface area (Å²) in [6.45, 7) is 5.58. The summed E-state index contributed by atoms with van der Waals surface area (Å²) in [6.07, 6.45) is 4.42. The van der Waals surface area contributed by atoms with E-state index in [0.29, 0.717) is 50.3 Å². The number of carbonyl (C=O) groups excluding carboxylic acids is 2. The lowest BCUT2D eigenvalue weighted by atomic mass is 9.96. The summed E-state index contributed by atoms with van der Waals surface area (Å²) in [5.41, 5.74) is 5.10. The van der Waals surface area contributed by atoms with Gasteiger partial charge in [-0.2, -0.15) is 0 Å². The predicted octanol–water partition coefficient (Wildman–Crippen LogP) is 2.67. The van der Waals surface area contributed by atoms with Crippen LogP contribution in [0.2, 0.25) is 0 Å². The Hall–Kier alpha value is -2.88. The summed E-state index contributed by atoms with van der Waals surface area (Å²) in [4.78, 5) is 57.8. The molecule has 0 aromatic carbocycles. The van der Waals surface area contributed by atoms with Crippen molar-refractivity contribution >= 4 is 34.7 Å². The quantitative estimate of drug-likeness (QED) is 0.577. The van der Waals surface area contributed by atoms with Crippen molar-refractivity contribution in [2.45, 2.75) is 58.9 Å². The second-order valence-corrected chi connectivity index (χ2v) is 9.36. The van der Waals surface area contributed by atoms with E-state index in [4.69, 9.17) is 5.73 Å². The summed E-state index contributed by atoms with van der Waals surface area (Å²) in [5, 5.41) is 1.86. The molecule has 9 nitrogen and oxygen atoms in total. The number of anilines is 2. The van der Waals surface area contributed by atoms with E-state index in [1.165, 1.54) is 20.8 Å². The van der Waals surface area contributed by atoms with Gasteiger partial charge in [0.25, 0.3) is 11.5 Å². The number of hydrogen-bond acceptors (Lipinski definition) is 6. The molecule has 10 heteroatoms. The number of thiophene rings is 1. The Morgan fingerprint density at radius 3 is 2.67 bits per heavy atom. The molecule has 3 heterocycles. The molecule has 3 N–H and O–H groups in total. The molecular weight excluding hydrogens is 442 g/mol. The zero-order valence-corrected chi connectivity index (χ0v) is 20.2. The largest absolute Gasteiger partial charge is 0.383 e. The fraction of sp³-hybridized carbons (Fsp3) is 0.565. The van der Waals surface area contributed by atoms with Gasteiger partial charge in [0, 0.05) is 26.2 Å². The maximum atomic E-state index is 13.7. The number of aromatic nitrogens is 2. The first-order valence-corrected chi connectivity index (χ1v) is 12.5. The van der Waals surface area contributed by atoms with Crippen LogP contribution >= 0.6 is 11.3 Å². The van der Waals surface area contributed by atoms with Crippen molar-refractivity contribution in [1.82, 2.24) is 14.5 Å². The van der Waals surface area contributed by atoms with Gasteiger partial charge in [0.15, 0.2) is 5.69 Å². The van der Waals surface area contributed by atoms with Gasteiger partial charge in [0.2, 0.25) is 5.91 Å². The molecular formula is C23H33N5O4S. The van der Waals surface area contributed by atoms with Crippen LogP contribution in [0.25, 0.3) is 0 Å². The van der Waals surface area contributed by atoms with Crippen LogP contribution in [-0.2, 0) is 11.3 Å². The molecule has 1 atom stereocenters. The molecule has 2 aromatic rings. The first-order chi connectivity index (χ1) is 15.9. The average Bonchev–Trinajstić information content (AvgIpc) is 3.35. The Morgan fingerprint density at radius 2 is 2.00 bits per heavy atom. The van der Waals surface area contributed by atoms with Crippen LogP contribution in [0.3, 0.4) is 0 Å². The number of piperidine rings is 1. The summed E-state index contributed by atoms with van der Waals surface area (Å²) in [7, 11) is 0. The Kier molecular flexibility index (Phi) is 8.49.